The summed E-state index contributed by atoms with van der Waals surface area (Å²) in [5.41, 5.74) is 2.86. The fourth-order valence-electron chi connectivity index (χ4n) is 3.96. The number of nitrogens with zero attached hydrogens (tertiary/aromatic N) is 2. The quantitative estimate of drug-likeness (QED) is 0.275. The third-order valence-electron chi connectivity index (χ3n) is 5.77. The van der Waals surface area contributed by atoms with E-state index in [1.165, 1.54) is 5.56 Å². The van der Waals surface area contributed by atoms with Crippen molar-refractivity contribution in [2.45, 2.75) is 19.9 Å². The molecule has 1 saturated heterocycles. The predicted octanol–water partition coefficient (Wildman–Crippen LogP) is 6.34. The van der Waals surface area contributed by atoms with Crippen LogP contribution >= 0.6 is 46.8 Å². The number of carbonyl (C=O) groups excluding carboxylic acids is 1. The summed E-state index contributed by atoms with van der Waals surface area (Å²) in [6, 6.07) is 17.9. The summed E-state index contributed by atoms with van der Waals surface area (Å²) in [4.78, 5) is 18.2. The Hall–Kier alpha value is -2.16. The standard InChI is InChI=1S/C26H27Cl2N3O2S2/c1-2-33-25(32)21-16-20(14-18-6-4-3-5-7-18)35-24(21)29-26(34)31-12-10-30(11-13-31)17-19-8-9-22(27)23(28)15-19/h3-9,15-16H,2,10-14,17H2,1H3,(H,29,34). The molecular weight excluding hydrogens is 521 g/mol. The van der Waals surface area contributed by atoms with Crippen LogP contribution in [0, 0.1) is 0 Å². The van der Waals surface area contributed by atoms with Gasteiger partial charge in [-0.3, -0.25) is 4.90 Å². The maximum absolute atomic E-state index is 12.6. The molecule has 2 heterocycles. The van der Waals surface area contributed by atoms with Crippen LogP contribution in [-0.2, 0) is 17.7 Å². The van der Waals surface area contributed by atoms with E-state index in [0.29, 0.717) is 27.3 Å². The maximum Gasteiger partial charge on any atom is 0.341 e. The molecule has 9 heteroatoms. The molecule has 0 unspecified atom stereocenters. The normalized spacial score (nSPS) is 14.1. The predicted molar refractivity (Wildman–Crippen MR) is 149 cm³/mol. The topological polar surface area (TPSA) is 44.8 Å². The van der Waals surface area contributed by atoms with Crippen LogP contribution in [0.5, 0.6) is 0 Å². The Kier molecular flexibility index (Phi) is 9.03. The molecular formula is C26H27Cl2N3O2S2. The van der Waals surface area contributed by atoms with Crippen molar-refractivity contribution in [3.63, 3.8) is 0 Å². The van der Waals surface area contributed by atoms with Gasteiger partial charge in [0.2, 0.25) is 0 Å². The van der Waals surface area contributed by atoms with Crippen LogP contribution in [0.4, 0.5) is 5.00 Å². The van der Waals surface area contributed by atoms with Crippen molar-refractivity contribution in [3.05, 3.63) is 86.2 Å². The average Bonchev–Trinajstić information content (AvgIpc) is 3.24. The number of piperazine rings is 1. The van der Waals surface area contributed by atoms with Crippen molar-refractivity contribution in [1.29, 1.82) is 0 Å². The molecule has 4 rings (SSSR count). The fourth-order valence-corrected chi connectivity index (χ4v) is 5.71. The summed E-state index contributed by atoms with van der Waals surface area (Å²) < 4.78 is 5.29. The zero-order valence-electron chi connectivity index (χ0n) is 19.4. The Morgan fingerprint density at radius 3 is 2.46 bits per heavy atom. The first-order valence-electron chi connectivity index (χ1n) is 11.5. The van der Waals surface area contributed by atoms with Gasteiger partial charge in [-0.2, -0.15) is 0 Å². The highest BCUT2D eigenvalue weighted by molar-refractivity contribution is 7.80. The average molecular weight is 549 g/mol. The molecule has 5 nitrogen and oxygen atoms in total. The van der Waals surface area contributed by atoms with Crippen LogP contribution in [0.1, 0.15) is 33.3 Å². The van der Waals surface area contributed by atoms with Crippen molar-refractivity contribution >= 4 is 62.8 Å². The first-order chi connectivity index (χ1) is 16.9. The van der Waals surface area contributed by atoms with Crippen LogP contribution in [0.25, 0.3) is 0 Å². The second-order valence-corrected chi connectivity index (χ2v) is 10.6. The highest BCUT2D eigenvalue weighted by Crippen LogP contribution is 2.31. The lowest BCUT2D eigenvalue weighted by Crippen LogP contribution is -2.49. The van der Waals surface area contributed by atoms with Crippen LogP contribution in [-0.4, -0.2) is 53.7 Å². The third-order valence-corrected chi connectivity index (χ3v) is 7.92. The number of hydrogen-bond donors (Lipinski definition) is 1. The van der Waals surface area contributed by atoms with Gasteiger partial charge in [0.15, 0.2) is 5.11 Å². The highest BCUT2D eigenvalue weighted by Gasteiger charge is 2.23. The van der Waals surface area contributed by atoms with E-state index in [1.807, 2.05) is 49.4 Å². The number of nitrogens with one attached hydrogen (secondary N) is 1. The minimum absolute atomic E-state index is 0.327. The Morgan fingerprint density at radius 1 is 1.03 bits per heavy atom. The molecule has 1 aliphatic rings. The van der Waals surface area contributed by atoms with Crippen LogP contribution in [0.15, 0.2) is 54.6 Å². The summed E-state index contributed by atoms with van der Waals surface area (Å²) in [7, 11) is 0. The molecule has 0 saturated carbocycles. The molecule has 0 aliphatic carbocycles. The zero-order valence-corrected chi connectivity index (χ0v) is 22.6. The van der Waals surface area contributed by atoms with Crippen molar-refractivity contribution in [2.24, 2.45) is 0 Å². The number of carbonyl (C=O) groups is 1. The number of hydrogen-bond acceptors (Lipinski definition) is 5. The number of thiophene rings is 1. The Morgan fingerprint density at radius 2 is 1.77 bits per heavy atom. The first kappa shape index (κ1) is 25.9. The summed E-state index contributed by atoms with van der Waals surface area (Å²) in [6.45, 7) is 6.28. The zero-order chi connectivity index (χ0) is 24.8. The van der Waals surface area contributed by atoms with E-state index in [4.69, 9.17) is 40.2 Å². The SMILES string of the molecule is CCOC(=O)c1cc(Cc2ccccc2)sc1NC(=S)N1CCN(Cc2ccc(Cl)c(Cl)c2)CC1. The van der Waals surface area contributed by atoms with Crippen molar-refractivity contribution < 1.29 is 9.53 Å². The molecule has 0 radical (unpaired) electrons. The van der Waals surface area contributed by atoms with E-state index >= 15 is 0 Å². The molecule has 35 heavy (non-hydrogen) atoms. The molecule has 1 aromatic heterocycles. The molecule has 2 aromatic carbocycles. The van der Waals surface area contributed by atoms with Gasteiger partial charge in [-0.05, 0) is 48.5 Å². The van der Waals surface area contributed by atoms with E-state index in [9.17, 15) is 4.79 Å². The number of thiocarbonyl (C=S) groups is 1. The monoisotopic (exact) mass is 547 g/mol. The van der Waals surface area contributed by atoms with Gasteiger partial charge in [0, 0.05) is 44.0 Å². The molecule has 0 bridgehead atoms. The highest BCUT2D eigenvalue weighted by atomic mass is 35.5. The molecule has 0 amide bonds. The van der Waals surface area contributed by atoms with Gasteiger partial charge in [0.1, 0.15) is 5.00 Å². The first-order valence-corrected chi connectivity index (χ1v) is 13.5. The van der Waals surface area contributed by atoms with Crippen LogP contribution < -0.4 is 5.32 Å². The van der Waals surface area contributed by atoms with Gasteiger partial charge in [-0.1, -0.05) is 59.6 Å². The van der Waals surface area contributed by atoms with Crippen molar-refractivity contribution in [3.8, 4) is 0 Å². The summed E-state index contributed by atoms with van der Waals surface area (Å²) in [5, 5.41) is 5.83. The van der Waals surface area contributed by atoms with Gasteiger partial charge in [0.25, 0.3) is 0 Å². The maximum atomic E-state index is 12.6. The smallest absolute Gasteiger partial charge is 0.341 e. The van der Waals surface area contributed by atoms with Gasteiger partial charge < -0.3 is 15.0 Å². The minimum atomic E-state index is -0.334. The van der Waals surface area contributed by atoms with Crippen molar-refractivity contribution in [1.82, 2.24) is 9.80 Å². The van der Waals surface area contributed by atoms with E-state index in [0.717, 1.165) is 54.6 Å². The second kappa shape index (κ2) is 12.2. The lowest BCUT2D eigenvalue weighted by atomic mass is 10.1. The Labute approximate surface area is 225 Å². The molecule has 184 valence electrons. The summed E-state index contributed by atoms with van der Waals surface area (Å²) in [6.07, 6.45) is 0.750. The van der Waals surface area contributed by atoms with Crippen molar-refractivity contribution in [2.75, 3.05) is 38.1 Å². The second-order valence-electron chi connectivity index (χ2n) is 8.28. The molecule has 1 fully saturated rings. The molecule has 3 aromatic rings. The van der Waals surface area contributed by atoms with Gasteiger partial charge in [-0.25, -0.2) is 4.79 Å². The number of halogens is 2. The number of esters is 1. The van der Waals surface area contributed by atoms with E-state index in [1.54, 1.807) is 11.3 Å². The number of ether oxygens (including phenoxy) is 1. The largest absolute Gasteiger partial charge is 0.462 e. The number of anilines is 1. The van der Waals surface area contributed by atoms with E-state index < -0.39 is 0 Å². The van der Waals surface area contributed by atoms with Gasteiger partial charge >= 0.3 is 5.97 Å². The van der Waals surface area contributed by atoms with Crippen LogP contribution in [0.2, 0.25) is 10.0 Å². The Balaban J connectivity index is 1.38. The Bertz CT molecular complexity index is 1180. The number of benzene rings is 2. The lowest BCUT2D eigenvalue weighted by Gasteiger charge is -2.36. The number of rotatable bonds is 7. The molecule has 0 spiro atoms. The molecule has 1 N–H and O–H groups in total. The summed E-state index contributed by atoms with van der Waals surface area (Å²) in [5.74, 6) is -0.334. The fraction of sp³-hybridized carbons (Fsp3) is 0.308. The van der Waals surface area contributed by atoms with Gasteiger partial charge in [-0.15, -0.1) is 11.3 Å². The van der Waals surface area contributed by atoms with E-state index in [2.05, 4.69) is 27.2 Å². The van der Waals surface area contributed by atoms with Gasteiger partial charge in [0.05, 0.1) is 22.2 Å². The molecule has 0 atom stereocenters. The molecule has 1 aliphatic heterocycles. The van der Waals surface area contributed by atoms with Crippen LogP contribution in [0.3, 0.4) is 0 Å². The minimum Gasteiger partial charge on any atom is -0.462 e. The third kappa shape index (κ3) is 6.96. The summed E-state index contributed by atoms with van der Waals surface area (Å²) >= 11 is 19.5. The lowest BCUT2D eigenvalue weighted by molar-refractivity contribution is 0.0528. The van der Waals surface area contributed by atoms with E-state index in [-0.39, 0.29) is 5.97 Å².